The summed E-state index contributed by atoms with van der Waals surface area (Å²) >= 11 is 0. The van der Waals surface area contributed by atoms with Gasteiger partial charge in [-0.15, -0.1) is 0 Å². The molecule has 0 bridgehead atoms. The lowest BCUT2D eigenvalue weighted by atomic mass is 10.0. The van der Waals surface area contributed by atoms with Crippen LogP contribution in [-0.4, -0.2) is 31.5 Å². The molecule has 0 fully saturated rings. The van der Waals surface area contributed by atoms with Crippen LogP contribution in [0.3, 0.4) is 0 Å². The van der Waals surface area contributed by atoms with Gasteiger partial charge in [0, 0.05) is 6.61 Å². The van der Waals surface area contributed by atoms with E-state index in [0.717, 1.165) is 18.6 Å². The molecule has 1 atom stereocenters. The molecule has 1 aromatic rings. The minimum absolute atomic E-state index is 0.314. The van der Waals surface area contributed by atoms with E-state index in [0.29, 0.717) is 31.7 Å². The van der Waals surface area contributed by atoms with Crippen molar-refractivity contribution in [1.29, 1.82) is 0 Å². The summed E-state index contributed by atoms with van der Waals surface area (Å²) in [7, 11) is 0. The first-order chi connectivity index (χ1) is 9.99. The van der Waals surface area contributed by atoms with Gasteiger partial charge in [0.1, 0.15) is 6.10 Å². The highest BCUT2D eigenvalue weighted by atomic mass is 16.5. The zero-order valence-electron chi connectivity index (χ0n) is 13.8. The average molecular weight is 294 g/mol. The number of aliphatic hydroxyl groups excluding tert-OH is 1. The second-order valence-corrected chi connectivity index (χ2v) is 6.40. The third-order valence-electron chi connectivity index (χ3n) is 3.11. The highest BCUT2D eigenvalue weighted by Gasteiger charge is 2.08. The van der Waals surface area contributed by atoms with Gasteiger partial charge in [0.25, 0.3) is 0 Å². The molecule has 0 aliphatic carbocycles. The summed E-state index contributed by atoms with van der Waals surface area (Å²) in [6.07, 6.45) is 0.503. The maximum atomic E-state index is 10.1. The lowest BCUT2D eigenvalue weighted by Gasteiger charge is -2.13. The van der Waals surface area contributed by atoms with Crippen LogP contribution in [0, 0.1) is 11.8 Å². The van der Waals surface area contributed by atoms with Crippen LogP contribution < -0.4 is 0 Å². The van der Waals surface area contributed by atoms with Gasteiger partial charge in [-0.05, 0) is 29.4 Å². The predicted octanol–water partition coefficient (Wildman–Crippen LogP) is 3.61. The topological polar surface area (TPSA) is 38.7 Å². The van der Waals surface area contributed by atoms with E-state index in [1.165, 1.54) is 5.56 Å². The van der Waals surface area contributed by atoms with Crippen molar-refractivity contribution in [2.24, 2.45) is 11.8 Å². The first-order valence-electron chi connectivity index (χ1n) is 7.91. The van der Waals surface area contributed by atoms with Gasteiger partial charge in [0.2, 0.25) is 0 Å². The fraction of sp³-hybridized carbons (Fsp3) is 0.667. The van der Waals surface area contributed by atoms with Crippen LogP contribution in [0.5, 0.6) is 0 Å². The van der Waals surface area contributed by atoms with Gasteiger partial charge >= 0.3 is 0 Å². The first kappa shape index (κ1) is 18.1. The monoisotopic (exact) mass is 294 g/mol. The highest BCUT2D eigenvalue weighted by Crippen LogP contribution is 2.16. The molecule has 3 heteroatoms. The maximum Gasteiger partial charge on any atom is 0.102 e. The van der Waals surface area contributed by atoms with E-state index < -0.39 is 6.10 Å². The molecular formula is C18H30O3. The molecule has 0 aromatic heterocycles. The molecule has 0 radical (unpaired) electrons. The van der Waals surface area contributed by atoms with Crippen LogP contribution in [-0.2, 0) is 15.9 Å². The van der Waals surface area contributed by atoms with Crippen LogP contribution >= 0.6 is 0 Å². The van der Waals surface area contributed by atoms with Gasteiger partial charge in [-0.3, -0.25) is 0 Å². The number of benzene rings is 1. The molecule has 1 unspecified atom stereocenters. The number of hydrogen-bond acceptors (Lipinski definition) is 3. The molecule has 0 aliphatic rings. The summed E-state index contributed by atoms with van der Waals surface area (Å²) in [6.45, 7) is 10.8. The van der Waals surface area contributed by atoms with Crippen molar-refractivity contribution >= 4 is 0 Å². The predicted molar refractivity (Wildman–Crippen MR) is 86.4 cm³/mol. The Morgan fingerprint density at radius 1 is 0.857 bits per heavy atom. The molecule has 120 valence electrons. The molecule has 21 heavy (non-hydrogen) atoms. The molecule has 0 saturated heterocycles. The Balaban J connectivity index is 2.24. The quantitative estimate of drug-likeness (QED) is 0.670. The molecule has 0 aliphatic heterocycles. The Kier molecular flexibility index (Phi) is 8.58. The van der Waals surface area contributed by atoms with Crippen molar-refractivity contribution in [2.45, 2.75) is 40.2 Å². The van der Waals surface area contributed by atoms with Crippen molar-refractivity contribution in [3.05, 3.63) is 35.4 Å². The van der Waals surface area contributed by atoms with Gasteiger partial charge in [-0.2, -0.15) is 0 Å². The lowest BCUT2D eigenvalue weighted by molar-refractivity contribution is -0.00122. The molecule has 1 aromatic carbocycles. The SMILES string of the molecule is CC(C)COCCOCC(O)c1ccc(CC(C)C)cc1. The molecule has 0 amide bonds. The van der Waals surface area contributed by atoms with Gasteiger partial charge < -0.3 is 14.6 Å². The van der Waals surface area contributed by atoms with E-state index in [9.17, 15) is 5.11 Å². The Bertz CT molecular complexity index is 371. The van der Waals surface area contributed by atoms with Crippen LogP contribution in [0.2, 0.25) is 0 Å². The van der Waals surface area contributed by atoms with Gasteiger partial charge in [0.15, 0.2) is 0 Å². The summed E-state index contributed by atoms with van der Waals surface area (Å²) in [6, 6.07) is 8.15. The largest absolute Gasteiger partial charge is 0.386 e. The van der Waals surface area contributed by atoms with Crippen LogP contribution in [0.25, 0.3) is 0 Å². The van der Waals surface area contributed by atoms with Crippen molar-refractivity contribution in [2.75, 3.05) is 26.4 Å². The zero-order chi connectivity index (χ0) is 15.7. The highest BCUT2D eigenvalue weighted by molar-refractivity contribution is 5.24. The molecule has 1 rings (SSSR count). The molecule has 3 nitrogen and oxygen atoms in total. The van der Waals surface area contributed by atoms with Crippen molar-refractivity contribution in [1.82, 2.24) is 0 Å². The Morgan fingerprint density at radius 2 is 1.43 bits per heavy atom. The summed E-state index contributed by atoms with van der Waals surface area (Å²) in [5, 5.41) is 10.1. The molecule has 1 N–H and O–H groups in total. The lowest BCUT2D eigenvalue weighted by Crippen LogP contribution is -2.12. The first-order valence-corrected chi connectivity index (χ1v) is 7.91. The summed E-state index contributed by atoms with van der Waals surface area (Å²) in [5.74, 6) is 1.19. The Hall–Kier alpha value is -0.900. The second kappa shape index (κ2) is 9.93. The van der Waals surface area contributed by atoms with Crippen LogP contribution in [0.15, 0.2) is 24.3 Å². The van der Waals surface area contributed by atoms with E-state index in [2.05, 4.69) is 39.8 Å². The molecule has 0 heterocycles. The van der Waals surface area contributed by atoms with Gasteiger partial charge in [-0.1, -0.05) is 52.0 Å². The van der Waals surface area contributed by atoms with Crippen molar-refractivity contribution in [3.63, 3.8) is 0 Å². The smallest absolute Gasteiger partial charge is 0.102 e. The molecule has 0 saturated carbocycles. The van der Waals surface area contributed by atoms with Crippen molar-refractivity contribution < 1.29 is 14.6 Å². The minimum atomic E-state index is -0.566. The number of ether oxygens (including phenoxy) is 2. The molecule has 0 spiro atoms. The second-order valence-electron chi connectivity index (χ2n) is 6.40. The maximum absolute atomic E-state index is 10.1. The summed E-state index contributed by atoms with van der Waals surface area (Å²) in [5.41, 5.74) is 2.22. The third kappa shape index (κ3) is 8.20. The zero-order valence-corrected chi connectivity index (χ0v) is 13.8. The van der Waals surface area contributed by atoms with Crippen LogP contribution in [0.1, 0.15) is 44.9 Å². The number of rotatable bonds is 10. The Labute approximate surface area is 129 Å². The summed E-state index contributed by atoms with van der Waals surface area (Å²) < 4.78 is 10.9. The summed E-state index contributed by atoms with van der Waals surface area (Å²) in [4.78, 5) is 0. The fourth-order valence-corrected chi connectivity index (χ4v) is 2.08. The standard InChI is InChI=1S/C18H30O3/c1-14(2)11-16-5-7-17(8-6-16)18(19)13-21-10-9-20-12-15(3)4/h5-8,14-15,18-19H,9-13H2,1-4H3. The van der Waals surface area contributed by atoms with Gasteiger partial charge in [0.05, 0.1) is 19.8 Å². The van der Waals surface area contributed by atoms with E-state index >= 15 is 0 Å². The Morgan fingerprint density at radius 3 is 1.95 bits per heavy atom. The van der Waals surface area contributed by atoms with Crippen molar-refractivity contribution in [3.8, 4) is 0 Å². The third-order valence-corrected chi connectivity index (χ3v) is 3.11. The van der Waals surface area contributed by atoms with E-state index in [1.54, 1.807) is 0 Å². The number of aliphatic hydroxyl groups is 1. The fourth-order valence-electron chi connectivity index (χ4n) is 2.08. The van der Waals surface area contributed by atoms with E-state index in [1.807, 2.05) is 12.1 Å². The number of hydrogen-bond donors (Lipinski definition) is 1. The van der Waals surface area contributed by atoms with Gasteiger partial charge in [-0.25, -0.2) is 0 Å². The average Bonchev–Trinajstić information content (AvgIpc) is 2.42. The van der Waals surface area contributed by atoms with E-state index in [4.69, 9.17) is 9.47 Å². The minimum Gasteiger partial charge on any atom is -0.386 e. The van der Waals surface area contributed by atoms with E-state index in [-0.39, 0.29) is 0 Å². The normalized spacial score (nSPS) is 13.1. The molecular weight excluding hydrogens is 264 g/mol. The van der Waals surface area contributed by atoms with Crippen LogP contribution in [0.4, 0.5) is 0 Å².